The van der Waals surface area contributed by atoms with Crippen molar-refractivity contribution in [3.63, 3.8) is 0 Å². The maximum Gasteiger partial charge on any atom is 0.223 e. The van der Waals surface area contributed by atoms with E-state index in [1.54, 1.807) is 36.5 Å². The van der Waals surface area contributed by atoms with Gasteiger partial charge in [-0.2, -0.15) is 0 Å². The number of nitrogens with zero attached hydrogens (tertiary/aromatic N) is 5. The topological polar surface area (TPSA) is 65.7 Å². The van der Waals surface area contributed by atoms with Gasteiger partial charge in [-0.15, -0.1) is 15.0 Å². The number of aromatic nitrogens is 5. The van der Waals surface area contributed by atoms with Gasteiger partial charge in [0.25, 0.3) is 0 Å². The van der Waals surface area contributed by atoms with E-state index < -0.39 is 11.6 Å². The van der Waals surface area contributed by atoms with Crippen LogP contribution in [0.25, 0.3) is 28.3 Å². The van der Waals surface area contributed by atoms with Crippen molar-refractivity contribution in [2.75, 3.05) is 7.11 Å². The number of methoxy groups -OCH3 is 1. The van der Waals surface area contributed by atoms with Crippen molar-refractivity contribution in [1.82, 2.24) is 25.2 Å². The average molecular weight is 365 g/mol. The molecule has 8 heteroatoms. The van der Waals surface area contributed by atoms with E-state index >= 15 is 0 Å². The Morgan fingerprint density at radius 1 is 0.963 bits per heavy atom. The Labute approximate surface area is 153 Å². The maximum absolute atomic E-state index is 14.1. The van der Waals surface area contributed by atoms with Crippen LogP contribution in [0.5, 0.6) is 5.75 Å². The molecule has 0 saturated carbocycles. The first-order valence-electron chi connectivity index (χ1n) is 8.01. The molecule has 2 heterocycles. The van der Waals surface area contributed by atoms with E-state index in [0.717, 1.165) is 18.2 Å². The fourth-order valence-electron chi connectivity index (χ4n) is 2.65. The fraction of sp³-hybridized carbons (Fsp3) is 0.0526. The van der Waals surface area contributed by atoms with Crippen molar-refractivity contribution in [2.45, 2.75) is 0 Å². The number of benzene rings is 2. The van der Waals surface area contributed by atoms with Crippen LogP contribution < -0.4 is 4.74 Å². The molecule has 0 aliphatic rings. The van der Waals surface area contributed by atoms with E-state index in [4.69, 9.17) is 4.74 Å². The Kier molecular flexibility index (Phi) is 4.29. The smallest absolute Gasteiger partial charge is 0.223 e. The summed E-state index contributed by atoms with van der Waals surface area (Å²) in [5, 5.41) is 12.3. The average Bonchev–Trinajstić information content (AvgIpc) is 3.20. The van der Waals surface area contributed by atoms with Gasteiger partial charge in [-0.05, 0) is 47.7 Å². The highest BCUT2D eigenvalue weighted by atomic mass is 19.1. The molecular formula is C19H13F2N5O. The summed E-state index contributed by atoms with van der Waals surface area (Å²) in [5.41, 5.74) is 1.68. The Morgan fingerprint density at radius 3 is 2.63 bits per heavy atom. The van der Waals surface area contributed by atoms with Crippen LogP contribution in [0.2, 0.25) is 0 Å². The van der Waals surface area contributed by atoms with Crippen LogP contribution in [0.3, 0.4) is 0 Å². The zero-order valence-corrected chi connectivity index (χ0v) is 14.2. The molecular weight excluding hydrogens is 352 g/mol. The van der Waals surface area contributed by atoms with Crippen LogP contribution in [0.4, 0.5) is 8.78 Å². The van der Waals surface area contributed by atoms with Gasteiger partial charge in [0.1, 0.15) is 23.1 Å². The summed E-state index contributed by atoms with van der Waals surface area (Å²) in [4.78, 5) is 5.50. The fourth-order valence-corrected chi connectivity index (χ4v) is 2.65. The van der Waals surface area contributed by atoms with Crippen LogP contribution in [0.15, 0.2) is 60.8 Å². The highest BCUT2D eigenvalue weighted by molar-refractivity contribution is 5.72. The van der Waals surface area contributed by atoms with Crippen molar-refractivity contribution in [3.8, 4) is 34.1 Å². The number of hydrogen-bond acceptors (Lipinski definition) is 5. The molecule has 0 spiro atoms. The van der Waals surface area contributed by atoms with Crippen molar-refractivity contribution < 1.29 is 13.5 Å². The van der Waals surface area contributed by atoms with Gasteiger partial charge in [0.2, 0.25) is 5.82 Å². The van der Waals surface area contributed by atoms with Crippen molar-refractivity contribution >= 4 is 0 Å². The Balaban J connectivity index is 1.74. The minimum Gasteiger partial charge on any atom is -0.496 e. The summed E-state index contributed by atoms with van der Waals surface area (Å²) in [6, 6.07) is 13.6. The largest absolute Gasteiger partial charge is 0.496 e. The van der Waals surface area contributed by atoms with Crippen molar-refractivity contribution in [1.29, 1.82) is 0 Å². The van der Waals surface area contributed by atoms with E-state index in [1.807, 2.05) is 6.07 Å². The lowest BCUT2D eigenvalue weighted by Gasteiger charge is -2.11. The number of pyridine rings is 1. The van der Waals surface area contributed by atoms with Crippen molar-refractivity contribution in [3.05, 3.63) is 72.4 Å². The summed E-state index contributed by atoms with van der Waals surface area (Å²) < 4.78 is 33.0. The first-order valence-corrected chi connectivity index (χ1v) is 8.01. The molecule has 0 saturated heterocycles. The molecule has 4 aromatic rings. The molecule has 2 aromatic heterocycles. The SMILES string of the molecule is COc1cc(-n2nnc(-c3ccccn3)n2)ccc1-c1cc(F)ccc1F. The molecule has 0 amide bonds. The zero-order valence-electron chi connectivity index (χ0n) is 14.2. The predicted molar refractivity (Wildman–Crippen MR) is 94.3 cm³/mol. The Hall–Kier alpha value is -3.68. The minimum atomic E-state index is -0.543. The molecule has 6 nitrogen and oxygen atoms in total. The van der Waals surface area contributed by atoms with Gasteiger partial charge in [0.15, 0.2) is 0 Å². The first-order chi connectivity index (χ1) is 13.2. The number of hydrogen-bond donors (Lipinski definition) is 0. The van der Waals surface area contributed by atoms with E-state index in [9.17, 15) is 8.78 Å². The van der Waals surface area contributed by atoms with Gasteiger partial charge in [-0.1, -0.05) is 6.07 Å². The van der Waals surface area contributed by atoms with E-state index in [2.05, 4.69) is 20.4 Å². The summed E-state index contributed by atoms with van der Waals surface area (Å²) in [5.74, 6) is -0.349. The normalized spacial score (nSPS) is 10.8. The monoisotopic (exact) mass is 365 g/mol. The quantitative estimate of drug-likeness (QED) is 0.552. The molecule has 0 bridgehead atoms. The summed E-state index contributed by atoms with van der Waals surface area (Å²) in [6.45, 7) is 0. The molecule has 0 N–H and O–H groups in total. The third-order valence-corrected chi connectivity index (χ3v) is 3.94. The van der Waals surface area contributed by atoms with E-state index in [1.165, 1.54) is 11.9 Å². The van der Waals surface area contributed by atoms with E-state index in [-0.39, 0.29) is 5.56 Å². The summed E-state index contributed by atoms with van der Waals surface area (Å²) in [7, 11) is 1.45. The van der Waals surface area contributed by atoms with Gasteiger partial charge in [-0.25, -0.2) is 8.78 Å². The second kappa shape index (κ2) is 6.91. The van der Waals surface area contributed by atoms with Gasteiger partial charge < -0.3 is 4.74 Å². The van der Waals surface area contributed by atoms with Crippen molar-refractivity contribution in [2.24, 2.45) is 0 Å². The standard InChI is InChI=1S/C19H13F2N5O/c1-27-18-11-13(6-7-14(18)15-10-12(20)5-8-16(15)21)26-24-19(23-25-26)17-4-2-3-9-22-17/h2-11H,1H3. The molecule has 0 fully saturated rings. The van der Waals surface area contributed by atoms with E-state index in [0.29, 0.717) is 28.5 Å². The lowest BCUT2D eigenvalue weighted by Crippen LogP contribution is -2.01. The molecule has 2 aromatic carbocycles. The zero-order chi connectivity index (χ0) is 18.8. The predicted octanol–water partition coefficient (Wildman–Crippen LogP) is 3.68. The molecule has 0 aliphatic carbocycles. The third-order valence-electron chi connectivity index (χ3n) is 3.94. The number of tetrazole rings is 1. The maximum atomic E-state index is 14.1. The second-order valence-electron chi connectivity index (χ2n) is 5.63. The van der Waals surface area contributed by atoms with Crippen LogP contribution >= 0.6 is 0 Å². The molecule has 27 heavy (non-hydrogen) atoms. The van der Waals surface area contributed by atoms with Gasteiger partial charge >= 0.3 is 0 Å². The number of rotatable bonds is 4. The van der Waals surface area contributed by atoms with Gasteiger partial charge in [0, 0.05) is 23.4 Å². The van der Waals surface area contributed by atoms with Crippen LogP contribution in [-0.4, -0.2) is 32.3 Å². The van der Waals surface area contributed by atoms with Gasteiger partial charge in [-0.3, -0.25) is 4.98 Å². The highest BCUT2D eigenvalue weighted by Gasteiger charge is 2.15. The third kappa shape index (κ3) is 3.24. The second-order valence-corrected chi connectivity index (χ2v) is 5.63. The highest BCUT2D eigenvalue weighted by Crippen LogP contribution is 2.33. The Morgan fingerprint density at radius 2 is 1.85 bits per heavy atom. The molecule has 134 valence electrons. The molecule has 4 rings (SSSR count). The molecule has 0 radical (unpaired) electrons. The summed E-state index contributed by atoms with van der Waals surface area (Å²) in [6.07, 6.45) is 1.64. The minimum absolute atomic E-state index is 0.110. The molecule has 0 aliphatic heterocycles. The number of ether oxygens (including phenoxy) is 1. The summed E-state index contributed by atoms with van der Waals surface area (Å²) >= 11 is 0. The lowest BCUT2D eigenvalue weighted by atomic mass is 10.0. The Bertz CT molecular complexity index is 1100. The van der Waals surface area contributed by atoms with Crippen LogP contribution in [0, 0.1) is 11.6 Å². The first kappa shape index (κ1) is 16.8. The lowest BCUT2D eigenvalue weighted by molar-refractivity contribution is 0.415. The number of halogens is 2. The van der Waals surface area contributed by atoms with Crippen LogP contribution in [0.1, 0.15) is 0 Å². The van der Waals surface area contributed by atoms with Crippen LogP contribution in [-0.2, 0) is 0 Å². The molecule has 0 atom stereocenters. The molecule has 0 unspecified atom stereocenters. The van der Waals surface area contributed by atoms with Gasteiger partial charge in [0.05, 0.1) is 12.8 Å².